The Labute approximate surface area is 112 Å². The van der Waals surface area contributed by atoms with Gasteiger partial charge in [-0.05, 0) is 38.5 Å². The lowest BCUT2D eigenvalue weighted by Gasteiger charge is -2.32. The summed E-state index contributed by atoms with van der Waals surface area (Å²) in [7, 11) is 0. The summed E-state index contributed by atoms with van der Waals surface area (Å²) < 4.78 is 5.55. The van der Waals surface area contributed by atoms with Crippen LogP contribution in [0.4, 0.5) is 5.69 Å². The Balaban J connectivity index is 2.33. The van der Waals surface area contributed by atoms with E-state index in [1.165, 1.54) is 4.90 Å². The average Bonchev–Trinajstić information content (AvgIpc) is 2.36. The van der Waals surface area contributed by atoms with E-state index in [9.17, 15) is 9.59 Å². The van der Waals surface area contributed by atoms with Crippen LogP contribution in [0.15, 0.2) is 18.2 Å². The maximum Gasteiger partial charge on any atom is 0.268 e. The van der Waals surface area contributed by atoms with E-state index in [1.54, 1.807) is 6.92 Å². The first kappa shape index (κ1) is 13.4. The number of nitrogens with one attached hydrogen (secondary N) is 1. The van der Waals surface area contributed by atoms with Gasteiger partial charge in [-0.1, -0.05) is 6.07 Å². The van der Waals surface area contributed by atoms with Crippen LogP contribution >= 0.6 is 0 Å². The first-order valence-corrected chi connectivity index (χ1v) is 6.38. The topological polar surface area (TPSA) is 58.6 Å². The molecule has 1 aromatic rings. The Morgan fingerprint density at radius 2 is 2.21 bits per heavy atom. The van der Waals surface area contributed by atoms with Gasteiger partial charge in [0, 0.05) is 6.54 Å². The lowest BCUT2D eigenvalue weighted by molar-refractivity contribution is -0.128. The molecule has 0 saturated carbocycles. The zero-order chi connectivity index (χ0) is 14.0. The van der Waals surface area contributed by atoms with E-state index in [2.05, 4.69) is 5.32 Å². The number of hydrogen-bond donors (Lipinski definition) is 1. The molecule has 2 amide bonds. The van der Waals surface area contributed by atoms with Crippen LogP contribution in [0, 0.1) is 6.92 Å². The van der Waals surface area contributed by atoms with Crippen molar-refractivity contribution in [3.63, 3.8) is 0 Å². The maximum atomic E-state index is 12.2. The summed E-state index contributed by atoms with van der Waals surface area (Å²) in [6, 6.07) is 5.61. The molecule has 0 spiro atoms. The van der Waals surface area contributed by atoms with Gasteiger partial charge in [0.2, 0.25) is 5.91 Å². The van der Waals surface area contributed by atoms with Crippen molar-refractivity contribution >= 4 is 17.5 Å². The number of hydrogen-bond acceptors (Lipinski definition) is 3. The number of fused-ring (bicyclic) bond motifs is 1. The fourth-order valence-electron chi connectivity index (χ4n) is 2.08. The smallest absolute Gasteiger partial charge is 0.268 e. The van der Waals surface area contributed by atoms with Crippen LogP contribution in [0.1, 0.15) is 19.4 Å². The van der Waals surface area contributed by atoms with Gasteiger partial charge in [0.1, 0.15) is 12.3 Å². The number of ether oxygens (including phenoxy) is 1. The highest BCUT2D eigenvalue weighted by atomic mass is 16.5. The first-order valence-electron chi connectivity index (χ1n) is 6.38. The first-order chi connectivity index (χ1) is 9.02. The summed E-state index contributed by atoms with van der Waals surface area (Å²) in [6.45, 7) is 6.05. The number of carbonyl (C=O) groups excluding carboxylic acids is 2. The second-order valence-electron chi connectivity index (χ2n) is 4.61. The van der Waals surface area contributed by atoms with Gasteiger partial charge in [-0.15, -0.1) is 0 Å². The molecule has 0 aromatic heterocycles. The van der Waals surface area contributed by atoms with Gasteiger partial charge in [-0.3, -0.25) is 14.5 Å². The second kappa shape index (κ2) is 5.30. The highest BCUT2D eigenvalue weighted by molar-refractivity contribution is 6.03. The van der Waals surface area contributed by atoms with Crippen molar-refractivity contribution in [2.24, 2.45) is 0 Å². The molecule has 1 N–H and O–H groups in total. The molecule has 0 radical (unpaired) electrons. The standard InChI is InChI=1S/C14H18N2O3/c1-4-15-13(17)8-16-11-7-9(2)5-6-12(11)19-10(3)14(16)18/h5-7,10H,4,8H2,1-3H3,(H,15,17)/t10-/m1/s1. The fraction of sp³-hybridized carbons (Fsp3) is 0.429. The minimum absolute atomic E-state index is 0.0246. The quantitative estimate of drug-likeness (QED) is 0.891. The summed E-state index contributed by atoms with van der Waals surface area (Å²) in [5.74, 6) is 0.281. The van der Waals surface area contributed by atoms with Gasteiger partial charge in [0.15, 0.2) is 6.10 Å². The van der Waals surface area contributed by atoms with E-state index < -0.39 is 6.10 Å². The molecule has 1 aliphatic rings. The molecule has 2 rings (SSSR count). The summed E-state index contributed by atoms with van der Waals surface area (Å²) in [6.07, 6.45) is -0.565. The molecule has 0 unspecified atom stereocenters. The van der Waals surface area contributed by atoms with Crippen LogP contribution < -0.4 is 15.0 Å². The Kier molecular flexibility index (Phi) is 3.74. The number of anilines is 1. The molecule has 5 heteroatoms. The van der Waals surface area contributed by atoms with Crippen LogP contribution in [0.2, 0.25) is 0 Å². The minimum atomic E-state index is -0.565. The number of benzene rings is 1. The molecule has 1 atom stereocenters. The molecule has 102 valence electrons. The lowest BCUT2D eigenvalue weighted by atomic mass is 10.1. The van der Waals surface area contributed by atoms with E-state index in [0.29, 0.717) is 18.0 Å². The SMILES string of the molecule is CCNC(=O)CN1C(=O)[C@@H](C)Oc2ccc(C)cc21. The van der Waals surface area contributed by atoms with Crippen molar-refractivity contribution in [3.05, 3.63) is 23.8 Å². The zero-order valence-corrected chi connectivity index (χ0v) is 11.4. The van der Waals surface area contributed by atoms with E-state index >= 15 is 0 Å². The predicted octanol–water partition coefficient (Wildman–Crippen LogP) is 1.25. The normalized spacial score (nSPS) is 17.7. The Hall–Kier alpha value is -2.04. The molecule has 19 heavy (non-hydrogen) atoms. The second-order valence-corrected chi connectivity index (χ2v) is 4.61. The van der Waals surface area contributed by atoms with Gasteiger partial charge in [0.25, 0.3) is 5.91 Å². The Morgan fingerprint density at radius 3 is 2.89 bits per heavy atom. The predicted molar refractivity (Wildman–Crippen MR) is 72.3 cm³/mol. The highest BCUT2D eigenvalue weighted by Crippen LogP contribution is 2.34. The monoisotopic (exact) mass is 262 g/mol. The van der Waals surface area contributed by atoms with Crippen molar-refractivity contribution in [1.29, 1.82) is 0 Å². The van der Waals surface area contributed by atoms with E-state index in [4.69, 9.17) is 4.74 Å². The number of nitrogens with zero attached hydrogens (tertiary/aromatic N) is 1. The summed E-state index contributed by atoms with van der Waals surface area (Å²) in [5, 5.41) is 2.70. The molecule has 0 bridgehead atoms. The molecule has 1 aliphatic heterocycles. The summed E-state index contributed by atoms with van der Waals surface area (Å²) in [4.78, 5) is 25.4. The van der Waals surface area contributed by atoms with Crippen molar-refractivity contribution < 1.29 is 14.3 Å². The van der Waals surface area contributed by atoms with Crippen molar-refractivity contribution in [3.8, 4) is 5.75 Å². The van der Waals surface area contributed by atoms with Crippen LogP contribution in [0.25, 0.3) is 0 Å². The summed E-state index contributed by atoms with van der Waals surface area (Å²) in [5.41, 5.74) is 1.68. The molecule has 0 fully saturated rings. The van der Waals surface area contributed by atoms with Gasteiger partial charge in [-0.25, -0.2) is 0 Å². The Morgan fingerprint density at radius 1 is 1.47 bits per heavy atom. The molecule has 1 aromatic carbocycles. The Bertz CT molecular complexity index is 513. The maximum absolute atomic E-state index is 12.2. The number of rotatable bonds is 3. The van der Waals surface area contributed by atoms with E-state index in [1.807, 2.05) is 32.0 Å². The minimum Gasteiger partial charge on any atom is -0.479 e. The van der Waals surface area contributed by atoms with Crippen LogP contribution in [0.3, 0.4) is 0 Å². The number of amides is 2. The van der Waals surface area contributed by atoms with Crippen LogP contribution in [-0.4, -0.2) is 31.0 Å². The lowest BCUT2D eigenvalue weighted by Crippen LogP contribution is -2.48. The van der Waals surface area contributed by atoms with Crippen molar-refractivity contribution in [1.82, 2.24) is 5.32 Å². The molecule has 0 aliphatic carbocycles. The van der Waals surface area contributed by atoms with E-state index in [-0.39, 0.29) is 18.4 Å². The van der Waals surface area contributed by atoms with Gasteiger partial charge in [-0.2, -0.15) is 0 Å². The number of aryl methyl sites for hydroxylation is 1. The third kappa shape index (κ3) is 2.70. The molecule has 0 saturated heterocycles. The van der Waals surface area contributed by atoms with Gasteiger partial charge < -0.3 is 10.1 Å². The third-order valence-corrected chi connectivity index (χ3v) is 3.00. The van der Waals surface area contributed by atoms with Gasteiger partial charge in [0.05, 0.1) is 5.69 Å². The largest absolute Gasteiger partial charge is 0.479 e. The van der Waals surface area contributed by atoms with Crippen LogP contribution in [-0.2, 0) is 9.59 Å². The number of likely N-dealkylation sites (N-methyl/N-ethyl adjacent to an activating group) is 1. The molecule has 5 nitrogen and oxygen atoms in total. The average molecular weight is 262 g/mol. The highest BCUT2D eigenvalue weighted by Gasteiger charge is 2.32. The zero-order valence-electron chi connectivity index (χ0n) is 11.4. The fourth-order valence-corrected chi connectivity index (χ4v) is 2.08. The molecule has 1 heterocycles. The van der Waals surface area contributed by atoms with Crippen molar-refractivity contribution in [2.45, 2.75) is 26.9 Å². The number of carbonyl (C=O) groups is 2. The van der Waals surface area contributed by atoms with Crippen LogP contribution in [0.5, 0.6) is 5.75 Å². The third-order valence-electron chi connectivity index (χ3n) is 3.00. The summed E-state index contributed by atoms with van der Waals surface area (Å²) >= 11 is 0. The molecular formula is C14H18N2O3. The van der Waals surface area contributed by atoms with Gasteiger partial charge >= 0.3 is 0 Å². The van der Waals surface area contributed by atoms with E-state index in [0.717, 1.165) is 5.56 Å². The molecular weight excluding hydrogens is 244 g/mol. The van der Waals surface area contributed by atoms with Crippen molar-refractivity contribution in [2.75, 3.05) is 18.0 Å².